The summed E-state index contributed by atoms with van der Waals surface area (Å²) in [5.41, 5.74) is 0. The highest BCUT2D eigenvalue weighted by atomic mass is 15.4. The van der Waals surface area contributed by atoms with Crippen LogP contribution < -0.4 is 0 Å². The van der Waals surface area contributed by atoms with Gasteiger partial charge in [-0.2, -0.15) is 0 Å². The first-order valence-corrected chi connectivity index (χ1v) is 24.0. The number of nitrogens with zero attached hydrogens (tertiary/aromatic N) is 2. The molecular weight excluding hydrogens is 605 g/mol. The molecule has 1 rings (SSSR count). The molecule has 298 valence electrons. The molecule has 2 heteroatoms. The maximum atomic E-state index is 2.73. The summed E-state index contributed by atoms with van der Waals surface area (Å²) in [6, 6.07) is 0. The molecule has 0 bridgehead atoms. The van der Waals surface area contributed by atoms with Crippen molar-refractivity contribution in [2.75, 3.05) is 13.1 Å². The van der Waals surface area contributed by atoms with Crippen LogP contribution in [0.3, 0.4) is 0 Å². The van der Waals surface area contributed by atoms with Crippen LogP contribution in [0.15, 0.2) is 12.4 Å². The fourth-order valence-electron chi connectivity index (χ4n) is 8.31. The van der Waals surface area contributed by atoms with E-state index in [0.717, 1.165) is 0 Å². The van der Waals surface area contributed by atoms with Gasteiger partial charge in [0.05, 0.1) is 0 Å². The molecule has 0 aromatic rings. The van der Waals surface area contributed by atoms with Crippen LogP contribution in [0, 0.1) is 0 Å². The molecule has 0 spiro atoms. The molecule has 1 aliphatic heterocycles. The van der Waals surface area contributed by atoms with E-state index in [9.17, 15) is 0 Å². The summed E-state index contributed by atoms with van der Waals surface area (Å²) in [5.74, 6) is 0. The molecule has 1 aliphatic rings. The fraction of sp³-hybridized carbons (Fsp3) is 0.958. The van der Waals surface area contributed by atoms with E-state index in [0.29, 0.717) is 6.17 Å². The van der Waals surface area contributed by atoms with E-state index in [-0.39, 0.29) is 0 Å². The third-order valence-electron chi connectivity index (χ3n) is 11.8. The second-order valence-corrected chi connectivity index (χ2v) is 16.8. The van der Waals surface area contributed by atoms with Crippen LogP contribution in [0.2, 0.25) is 0 Å². The molecular formula is C48H96N2. The Kier molecular flexibility index (Phi) is 37.5. The minimum absolute atomic E-state index is 0.637. The van der Waals surface area contributed by atoms with Gasteiger partial charge in [-0.3, -0.25) is 0 Å². The maximum Gasteiger partial charge on any atom is 0.101 e. The smallest absolute Gasteiger partial charge is 0.101 e. The van der Waals surface area contributed by atoms with Crippen LogP contribution in [0.5, 0.6) is 0 Å². The molecule has 0 aliphatic carbocycles. The van der Waals surface area contributed by atoms with Gasteiger partial charge in [-0.1, -0.05) is 252 Å². The lowest BCUT2D eigenvalue weighted by atomic mass is 10.0. The lowest BCUT2D eigenvalue weighted by molar-refractivity contribution is 0.135. The molecule has 0 N–H and O–H groups in total. The van der Waals surface area contributed by atoms with Gasteiger partial charge >= 0.3 is 0 Å². The zero-order valence-corrected chi connectivity index (χ0v) is 35.3. The van der Waals surface area contributed by atoms with Gasteiger partial charge < -0.3 is 9.80 Å². The highest BCUT2D eigenvalue weighted by Crippen LogP contribution is 2.24. The molecule has 0 saturated carbocycles. The van der Waals surface area contributed by atoms with Crippen molar-refractivity contribution < 1.29 is 0 Å². The monoisotopic (exact) mass is 701 g/mol. The number of unbranched alkanes of at least 4 members (excludes halogenated alkanes) is 36. The lowest BCUT2D eigenvalue weighted by Gasteiger charge is -2.33. The van der Waals surface area contributed by atoms with Gasteiger partial charge in [0.25, 0.3) is 0 Å². The largest absolute Gasteiger partial charge is 0.356 e. The minimum atomic E-state index is 0.637. The fourth-order valence-corrected chi connectivity index (χ4v) is 8.31. The Bertz CT molecular complexity index is 659. The minimum Gasteiger partial charge on any atom is -0.356 e. The van der Waals surface area contributed by atoms with Gasteiger partial charge in [0.1, 0.15) is 6.17 Å². The Labute approximate surface area is 318 Å². The van der Waals surface area contributed by atoms with Gasteiger partial charge in [0, 0.05) is 25.5 Å². The Morgan fingerprint density at radius 3 is 0.700 bits per heavy atom. The molecule has 1 unspecified atom stereocenters. The lowest BCUT2D eigenvalue weighted by Crippen LogP contribution is -2.39. The van der Waals surface area contributed by atoms with Crippen LogP contribution >= 0.6 is 0 Å². The Morgan fingerprint density at radius 1 is 0.260 bits per heavy atom. The summed E-state index contributed by atoms with van der Waals surface area (Å²) < 4.78 is 0. The van der Waals surface area contributed by atoms with E-state index in [1.807, 2.05) is 0 Å². The van der Waals surface area contributed by atoms with E-state index in [2.05, 4.69) is 43.0 Å². The summed E-state index contributed by atoms with van der Waals surface area (Å²) >= 11 is 0. The van der Waals surface area contributed by atoms with Crippen LogP contribution in [0.1, 0.15) is 278 Å². The first-order valence-electron chi connectivity index (χ1n) is 24.0. The van der Waals surface area contributed by atoms with Crippen molar-refractivity contribution in [1.82, 2.24) is 9.80 Å². The Morgan fingerprint density at radius 2 is 0.460 bits per heavy atom. The summed E-state index contributed by atoms with van der Waals surface area (Å²) in [6.07, 6.45) is 63.4. The molecule has 0 fully saturated rings. The summed E-state index contributed by atoms with van der Waals surface area (Å²) in [5, 5.41) is 0. The average molecular weight is 701 g/mol. The topological polar surface area (TPSA) is 6.48 Å². The van der Waals surface area contributed by atoms with Crippen molar-refractivity contribution in [3.8, 4) is 0 Å². The van der Waals surface area contributed by atoms with Crippen molar-refractivity contribution in [2.45, 2.75) is 284 Å². The SMILES string of the molecule is CCCCCCCCCCCCCCCCCCCC1N(CCCCCCCC)C=CN1CCCCCCCCCCCCCCCCCC. The summed E-state index contributed by atoms with van der Waals surface area (Å²) in [7, 11) is 0. The van der Waals surface area contributed by atoms with Crippen molar-refractivity contribution >= 4 is 0 Å². The van der Waals surface area contributed by atoms with Crippen LogP contribution in [0.25, 0.3) is 0 Å². The highest BCUT2D eigenvalue weighted by Gasteiger charge is 2.24. The maximum absolute atomic E-state index is 2.73. The van der Waals surface area contributed by atoms with E-state index in [4.69, 9.17) is 0 Å². The Balaban J connectivity index is 2.11. The quantitative estimate of drug-likeness (QED) is 0.0585. The van der Waals surface area contributed by atoms with E-state index in [1.54, 1.807) is 0 Å². The molecule has 1 heterocycles. The normalized spacial score (nSPS) is 14.5. The van der Waals surface area contributed by atoms with Crippen molar-refractivity contribution in [3.05, 3.63) is 12.4 Å². The van der Waals surface area contributed by atoms with Crippen LogP contribution in [-0.4, -0.2) is 29.1 Å². The molecule has 50 heavy (non-hydrogen) atoms. The van der Waals surface area contributed by atoms with E-state index < -0.39 is 0 Å². The molecule has 0 saturated heterocycles. The highest BCUT2D eigenvalue weighted by molar-refractivity contribution is 4.97. The third kappa shape index (κ3) is 30.9. The first-order chi connectivity index (χ1) is 24.8. The van der Waals surface area contributed by atoms with Gasteiger partial charge in [-0.25, -0.2) is 0 Å². The standard InChI is InChI=1S/C48H96N2/c1-4-7-10-13-16-18-20-22-24-26-27-29-31-33-35-37-40-43-48-49(44-41-38-15-12-9-6-3)46-47-50(48)45-42-39-36-34-32-30-28-25-23-21-19-17-14-11-8-5-2/h46-48H,4-45H2,1-3H3. The average Bonchev–Trinajstić information content (AvgIpc) is 3.51. The van der Waals surface area contributed by atoms with Crippen molar-refractivity contribution in [1.29, 1.82) is 0 Å². The molecule has 1 atom stereocenters. The third-order valence-corrected chi connectivity index (χ3v) is 11.8. The summed E-state index contributed by atoms with van der Waals surface area (Å²) in [6.45, 7) is 9.49. The molecule has 0 radical (unpaired) electrons. The van der Waals surface area contributed by atoms with Crippen molar-refractivity contribution in [2.24, 2.45) is 0 Å². The zero-order valence-electron chi connectivity index (χ0n) is 35.3. The van der Waals surface area contributed by atoms with Crippen LogP contribution in [0.4, 0.5) is 0 Å². The first kappa shape index (κ1) is 47.4. The molecule has 2 nitrogen and oxygen atoms in total. The van der Waals surface area contributed by atoms with Gasteiger partial charge in [-0.15, -0.1) is 0 Å². The predicted octanol–water partition coefficient (Wildman–Crippen LogP) is 17.1. The zero-order chi connectivity index (χ0) is 35.8. The molecule has 0 aromatic heterocycles. The molecule has 0 amide bonds. The van der Waals surface area contributed by atoms with Gasteiger partial charge in [-0.05, 0) is 25.7 Å². The predicted molar refractivity (Wildman–Crippen MR) is 228 cm³/mol. The number of hydrogen-bond donors (Lipinski definition) is 0. The second-order valence-electron chi connectivity index (χ2n) is 16.8. The van der Waals surface area contributed by atoms with Gasteiger partial charge in [0.15, 0.2) is 0 Å². The summed E-state index contributed by atoms with van der Waals surface area (Å²) in [4.78, 5) is 5.45. The molecule has 0 aromatic carbocycles. The Hall–Kier alpha value is -0.660. The van der Waals surface area contributed by atoms with Crippen LogP contribution in [-0.2, 0) is 0 Å². The van der Waals surface area contributed by atoms with E-state index in [1.165, 1.54) is 270 Å². The number of rotatable bonds is 42. The van der Waals surface area contributed by atoms with Crippen molar-refractivity contribution in [3.63, 3.8) is 0 Å². The number of hydrogen-bond acceptors (Lipinski definition) is 2. The second kappa shape index (κ2) is 39.5. The van der Waals surface area contributed by atoms with E-state index >= 15 is 0 Å². The van der Waals surface area contributed by atoms with Gasteiger partial charge in [0.2, 0.25) is 0 Å².